The molecule has 90 valence electrons. The van der Waals surface area contributed by atoms with E-state index >= 15 is 0 Å². The van der Waals surface area contributed by atoms with Crippen molar-refractivity contribution in [2.24, 2.45) is 11.5 Å². The first kappa shape index (κ1) is 12.7. The highest BCUT2D eigenvalue weighted by Crippen LogP contribution is 2.02. The number of primary amides is 2. The van der Waals surface area contributed by atoms with E-state index < -0.39 is 11.8 Å². The summed E-state index contributed by atoms with van der Waals surface area (Å²) in [6.07, 6.45) is 5.26. The van der Waals surface area contributed by atoms with Crippen LogP contribution in [-0.2, 0) is 0 Å². The van der Waals surface area contributed by atoms with Gasteiger partial charge in [0.05, 0.1) is 5.56 Å². The van der Waals surface area contributed by atoms with Gasteiger partial charge in [-0.15, -0.1) is 0 Å². The minimum absolute atomic E-state index is 0.0463. The molecule has 0 atom stereocenters. The summed E-state index contributed by atoms with van der Waals surface area (Å²) in [4.78, 5) is 25.0. The first-order chi connectivity index (χ1) is 8.13. The van der Waals surface area contributed by atoms with Crippen molar-refractivity contribution >= 4 is 11.8 Å². The van der Waals surface area contributed by atoms with Crippen molar-refractivity contribution in [3.8, 4) is 0 Å². The number of aromatic nitrogens is 1. The summed E-state index contributed by atoms with van der Waals surface area (Å²) >= 11 is 0. The van der Waals surface area contributed by atoms with E-state index in [1.165, 1.54) is 18.3 Å². The average Bonchev–Trinajstić information content (AvgIpc) is 2.87. The number of carbonyl (C=O) groups is 2. The lowest BCUT2D eigenvalue weighted by molar-refractivity contribution is 0.0963. The Labute approximate surface area is 97.9 Å². The number of nitrogens with two attached hydrogens (primary N) is 2. The van der Waals surface area contributed by atoms with Crippen LogP contribution in [0.1, 0.15) is 20.8 Å². The highest BCUT2D eigenvalue weighted by molar-refractivity contribution is 6.04. The predicted molar refractivity (Wildman–Crippen MR) is 61.6 cm³/mol. The summed E-state index contributed by atoms with van der Waals surface area (Å²) in [5, 5.41) is 0. The van der Waals surface area contributed by atoms with Crippen molar-refractivity contribution in [1.29, 1.82) is 0 Å². The number of pyridine rings is 1. The number of amides is 2. The second-order valence-electron chi connectivity index (χ2n) is 3.06. The van der Waals surface area contributed by atoms with Crippen LogP contribution in [0.25, 0.3) is 0 Å². The van der Waals surface area contributed by atoms with Gasteiger partial charge in [0, 0.05) is 18.9 Å². The lowest BCUT2D eigenvalue weighted by Crippen LogP contribution is -2.21. The fourth-order valence-electron chi connectivity index (χ4n) is 1.10. The second kappa shape index (κ2) is 6.23. The SMILES string of the molecule is C1=CNNC1.NC(=O)c1cccnc1C(N)=O. The van der Waals surface area contributed by atoms with Gasteiger partial charge in [-0.05, 0) is 12.1 Å². The van der Waals surface area contributed by atoms with E-state index in [2.05, 4.69) is 15.8 Å². The molecule has 0 saturated carbocycles. The Balaban J connectivity index is 0.000000239. The highest BCUT2D eigenvalue weighted by Gasteiger charge is 2.12. The van der Waals surface area contributed by atoms with Crippen molar-refractivity contribution in [2.75, 3.05) is 6.54 Å². The smallest absolute Gasteiger partial charge is 0.268 e. The van der Waals surface area contributed by atoms with Crippen molar-refractivity contribution in [2.45, 2.75) is 0 Å². The zero-order valence-corrected chi connectivity index (χ0v) is 9.01. The van der Waals surface area contributed by atoms with E-state index in [0.29, 0.717) is 0 Å². The monoisotopic (exact) mass is 235 g/mol. The fourth-order valence-corrected chi connectivity index (χ4v) is 1.10. The van der Waals surface area contributed by atoms with Crippen LogP contribution in [-0.4, -0.2) is 23.3 Å². The summed E-state index contributed by atoms with van der Waals surface area (Å²) in [5.41, 5.74) is 15.5. The Hall–Kier alpha value is -2.41. The van der Waals surface area contributed by atoms with Gasteiger partial charge in [-0.25, -0.2) is 5.43 Å². The molecule has 17 heavy (non-hydrogen) atoms. The molecule has 0 fully saturated rings. The summed E-state index contributed by atoms with van der Waals surface area (Å²) < 4.78 is 0. The van der Waals surface area contributed by atoms with Gasteiger partial charge in [0.25, 0.3) is 11.8 Å². The van der Waals surface area contributed by atoms with Crippen LogP contribution in [0.4, 0.5) is 0 Å². The Kier molecular flexibility index (Phi) is 4.64. The van der Waals surface area contributed by atoms with Gasteiger partial charge in [0.1, 0.15) is 5.69 Å². The topological polar surface area (TPSA) is 123 Å². The molecule has 1 aliphatic heterocycles. The number of rotatable bonds is 2. The molecular formula is C10H13N5O2. The molecule has 2 heterocycles. The van der Waals surface area contributed by atoms with Crippen LogP contribution < -0.4 is 22.3 Å². The Morgan fingerprint density at radius 2 is 2.06 bits per heavy atom. The number of hydrogen-bond acceptors (Lipinski definition) is 5. The van der Waals surface area contributed by atoms with Crippen molar-refractivity contribution in [1.82, 2.24) is 15.8 Å². The van der Waals surface area contributed by atoms with Gasteiger partial charge in [0.2, 0.25) is 0 Å². The van der Waals surface area contributed by atoms with Gasteiger partial charge in [-0.3, -0.25) is 14.6 Å². The molecule has 0 bridgehead atoms. The molecule has 2 rings (SSSR count). The quantitative estimate of drug-likeness (QED) is 0.517. The average molecular weight is 235 g/mol. The summed E-state index contributed by atoms with van der Waals surface area (Å²) in [5.74, 6) is -1.47. The van der Waals surface area contributed by atoms with Gasteiger partial charge in [-0.2, -0.15) is 0 Å². The molecule has 7 heteroatoms. The maximum absolute atomic E-state index is 10.7. The lowest BCUT2D eigenvalue weighted by atomic mass is 10.2. The fraction of sp³-hybridized carbons (Fsp3) is 0.100. The molecule has 1 aliphatic rings. The molecule has 2 amide bonds. The molecule has 1 aromatic heterocycles. The molecule has 0 aliphatic carbocycles. The zero-order valence-electron chi connectivity index (χ0n) is 9.01. The van der Waals surface area contributed by atoms with Crippen LogP contribution in [0.5, 0.6) is 0 Å². The molecule has 0 unspecified atom stereocenters. The predicted octanol–water partition coefficient (Wildman–Crippen LogP) is -1.11. The van der Waals surface area contributed by atoms with Gasteiger partial charge in [-0.1, -0.05) is 6.08 Å². The normalized spacial score (nSPS) is 12.2. The molecule has 0 saturated heterocycles. The lowest BCUT2D eigenvalue weighted by Gasteiger charge is -1.99. The first-order valence-electron chi connectivity index (χ1n) is 4.81. The zero-order chi connectivity index (χ0) is 12.7. The first-order valence-corrected chi connectivity index (χ1v) is 4.81. The summed E-state index contributed by atoms with van der Waals surface area (Å²) in [7, 11) is 0. The van der Waals surface area contributed by atoms with E-state index in [-0.39, 0.29) is 11.3 Å². The van der Waals surface area contributed by atoms with Crippen LogP contribution in [0, 0.1) is 0 Å². The minimum atomic E-state index is -0.760. The maximum Gasteiger partial charge on any atom is 0.268 e. The Morgan fingerprint density at radius 1 is 1.29 bits per heavy atom. The Bertz CT molecular complexity index is 405. The third-order valence-corrected chi connectivity index (χ3v) is 1.83. The standard InChI is InChI=1S/C7H7N3O2.C3H6N2/c8-6(11)4-2-1-3-10-5(4)7(9)12;1-2-4-5-3-1/h1-3H,(H2,8,11)(H2,9,12);1-2,4-5H,3H2. The van der Waals surface area contributed by atoms with Gasteiger partial charge < -0.3 is 16.9 Å². The summed E-state index contributed by atoms with van der Waals surface area (Å²) in [6, 6.07) is 2.90. The van der Waals surface area contributed by atoms with E-state index in [1.54, 1.807) is 0 Å². The van der Waals surface area contributed by atoms with Crippen LogP contribution in [0.2, 0.25) is 0 Å². The molecule has 7 nitrogen and oxygen atoms in total. The third-order valence-electron chi connectivity index (χ3n) is 1.83. The van der Waals surface area contributed by atoms with Crippen molar-refractivity contribution < 1.29 is 9.59 Å². The number of nitrogens with one attached hydrogen (secondary N) is 2. The van der Waals surface area contributed by atoms with E-state index in [4.69, 9.17) is 11.5 Å². The van der Waals surface area contributed by atoms with Crippen LogP contribution >= 0.6 is 0 Å². The third kappa shape index (κ3) is 3.92. The molecule has 0 spiro atoms. The maximum atomic E-state index is 10.7. The van der Waals surface area contributed by atoms with E-state index in [0.717, 1.165) is 6.54 Å². The van der Waals surface area contributed by atoms with Gasteiger partial charge >= 0.3 is 0 Å². The Morgan fingerprint density at radius 3 is 2.41 bits per heavy atom. The molecule has 6 N–H and O–H groups in total. The van der Waals surface area contributed by atoms with E-state index in [1.807, 2.05) is 12.3 Å². The molecule has 0 aromatic carbocycles. The largest absolute Gasteiger partial charge is 0.366 e. The molecule has 1 aromatic rings. The minimum Gasteiger partial charge on any atom is -0.366 e. The molecular weight excluding hydrogens is 222 g/mol. The number of carbonyl (C=O) groups excluding carboxylic acids is 2. The van der Waals surface area contributed by atoms with Crippen molar-refractivity contribution in [3.05, 3.63) is 41.9 Å². The summed E-state index contributed by atoms with van der Waals surface area (Å²) in [6.45, 7) is 0.958. The van der Waals surface area contributed by atoms with Gasteiger partial charge in [0.15, 0.2) is 0 Å². The number of nitrogens with zero attached hydrogens (tertiary/aromatic N) is 1. The van der Waals surface area contributed by atoms with E-state index in [9.17, 15) is 9.59 Å². The van der Waals surface area contributed by atoms with Crippen LogP contribution in [0.3, 0.4) is 0 Å². The number of hydrogen-bond donors (Lipinski definition) is 4. The second-order valence-corrected chi connectivity index (χ2v) is 3.06. The van der Waals surface area contributed by atoms with Crippen molar-refractivity contribution in [3.63, 3.8) is 0 Å². The van der Waals surface area contributed by atoms with Crippen LogP contribution in [0.15, 0.2) is 30.6 Å². The molecule has 0 radical (unpaired) electrons. The number of hydrazine groups is 1. The highest BCUT2D eigenvalue weighted by atomic mass is 16.2.